The third kappa shape index (κ3) is 3.36. The molecule has 0 unspecified atom stereocenters. The number of aromatic nitrogens is 2. The zero-order valence-electron chi connectivity index (χ0n) is 13.1. The maximum absolute atomic E-state index is 11.9. The third-order valence-electron chi connectivity index (χ3n) is 3.57. The van der Waals surface area contributed by atoms with E-state index in [4.69, 9.17) is 0 Å². The van der Waals surface area contributed by atoms with Crippen molar-refractivity contribution < 1.29 is 14.3 Å². The van der Waals surface area contributed by atoms with Gasteiger partial charge in [-0.05, 0) is 38.0 Å². The highest BCUT2D eigenvalue weighted by molar-refractivity contribution is 5.85. The largest absolute Gasteiger partial charge is 0.453 e. The number of benzene rings is 1. The second-order valence-electron chi connectivity index (χ2n) is 5.16. The molecule has 0 saturated heterocycles. The molecular weight excluding hydrogens is 284 g/mol. The molecule has 0 saturated carbocycles. The van der Waals surface area contributed by atoms with Gasteiger partial charge in [0.15, 0.2) is 0 Å². The summed E-state index contributed by atoms with van der Waals surface area (Å²) in [5.41, 5.74) is 4.13. The summed E-state index contributed by atoms with van der Waals surface area (Å²) in [5, 5.41) is 5.13. The van der Waals surface area contributed by atoms with Crippen molar-refractivity contribution in [3.63, 3.8) is 0 Å². The van der Waals surface area contributed by atoms with E-state index in [0.717, 1.165) is 16.6 Å². The van der Waals surface area contributed by atoms with Gasteiger partial charge in [-0.3, -0.25) is 4.79 Å². The molecule has 7 heteroatoms. The van der Waals surface area contributed by atoms with E-state index < -0.39 is 12.1 Å². The van der Waals surface area contributed by atoms with Crippen LogP contribution in [0, 0.1) is 13.8 Å². The number of aryl methyl sites for hydroxylation is 2. The predicted octanol–water partition coefficient (Wildman–Crippen LogP) is 1.54. The summed E-state index contributed by atoms with van der Waals surface area (Å²) in [6.45, 7) is 5.89. The molecule has 118 valence electrons. The van der Waals surface area contributed by atoms with Crippen molar-refractivity contribution in [1.82, 2.24) is 20.6 Å². The van der Waals surface area contributed by atoms with Gasteiger partial charge in [-0.1, -0.05) is 6.07 Å². The number of nitrogens with one attached hydrogen (secondary N) is 3. The van der Waals surface area contributed by atoms with Crippen molar-refractivity contribution in [2.45, 2.75) is 33.4 Å². The lowest BCUT2D eigenvalue weighted by atomic mass is 10.1. The van der Waals surface area contributed by atoms with Gasteiger partial charge in [0.1, 0.15) is 11.9 Å². The number of hydrogen-bond donors (Lipinski definition) is 3. The quantitative estimate of drug-likeness (QED) is 0.798. The fourth-order valence-corrected chi connectivity index (χ4v) is 2.07. The molecule has 2 rings (SSSR count). The molecule has 0 aliphatic carbocycles. The lowest BCUT2D eigenvalue weighted by Crippen LogP contribution is -2.44. The molecule has 3 N–H and O–H groups in total. The fourth-order valence-electron chi connectivity index (χ4n) is 2.07. The molecule has 2 amide bonds. The van der Waals surface area contributed by atoms with Crippen molar-refractivity contribution in [3.05, 3.63) is 29.1 Å². The smallest absolute Gasteiger partial charge is 0.407 e. The Morgan fingerprint density at radius 2 is 2.09 bits per heavy atom. The number of alkyl carbamates (subject to hydrolysis) is 1. The van der Waals surface area contributed by atoms with Crippen molar-refractivity contribution in [3.8, 4) is 0 Å². The van der Waals surface area contributed by atoms with Crippen LogP contribution in [-0.4, -0.2) is 35.1 Å². The molecule has 0 radical (unpaired) electrons. The van der Waals surface area contributed by atoms with E-state index in [1.165, 1.54) is 12.7 Å². The van der Waals surface area contributed by atoms with E-state index >= 15 is 0 Å². The van der Waals surface area contributed by atoms with Gasteiger partial charge in [-0.2, -0.15) is 0 Å². The van der Waals surface area contributed by atoms with Crippen LogP contribution in [0.5, 0.6) is 0 Å². The number of imidazole rings is 1. The average molecular weight is 304 g/mol. The fraction of sp³-hybridized carbons (Fsp3) is 0.400. The molecule has 0 aliphatic rings. The van der Waals surface area contributed by atoms with Crippen molar-refractivity contribution in [1.29, 1.82) is 0 Å². The number of ether oxygens (including phenoxy) is 1. The SMILES string of the molecule is COC(=O)N[C@H](C)C(=O)NCc1nc2c(C)c(C)ccc2[nH]1. The van der Waals surface area contributed by atoms with E-state index in [0.29, 0.717) is 5.82 Å². The minimum atomic E-state index is -0.680. The summed E-state index contributed by atoms with van der Waals surface area (Å²) in [5.74, 6) is 0.362. The summed E-state index contributed by atoms with van der Waals surface area (Å²) in [6, 6.07) is 3.32. The second kappa shape index (κ2) is 6.46. The van der Waals surface area contributed by atoms with Gasteiger partial charge in [0.25, 0.3) is 0 Å². The highest BCUT2D eigenvalue weighted by Crippen LogP contribution is 2.19. The Hall–Kier alpha value is -2.57. The predicted molar refractivity (Wildman–Crippen MR) is 82.4 cm³/mol. The summed E-state index contributed by atoms with van der Waals surface area (Å²) >= 11 is 0. The topological polar surface area (TPSA) is 96.1 Å². The summed E-state index contributed by atoms with van der Waals surface area (Å²) < 4.78 is 4.45. The van der Waals surface area contributed by atoms with Crippen molar-refractivity contribution >= 4 is 23.0 Å². The molecule has 0 spiro atoms. The summed E-state index contributed by atoms with van der Waals surface area (Å²) in [6.07, 6.45) is -0.641. The Kier molecular flexibility index (Phi) is 4.65. The maximum Gasteiger partial charge on any atom is 0.407 e. The first kappa shape index (κ1) is 15.8. The Balaban J connectivity index is 2.01. The van der Waals surface area contributed by atoms with Crippen LogP contribution < -0.4 is 10.6 Å². The first-order chi connectivity index (χ1) is 10.4. The number of aromatic amines is 1. The van der Waals surface area contributed by atoms with Crippen molar-refractivity contribution in [2.24, 2.45) is 0 Å². The van der Waals surface area contributed by atoms with Gasteiger partial charge in [-0.25, -0.2) is 9.78 Å². The van der Waals surface area contributed by atoms with Crippen LogP contribution in [0.15, 0.2) is 12.1 Å². The molecule has 2 aromatic rings. The van der Waals surface area contributed by atoms with Gasteiger partial charge < -0.3 is 20.4 Å². The number of fused-ring (bicyclic) bond motifs is 1. The van der Waals surface area contributed by atoms with Crippen molar-refractivity contribution in [2.75, 3.05) is 7.11 Å². The third-order valence-corrected chi connectivity index (χ3v) is 3.57. The number of H-pyrrole nitrogens is 1. The van der Waals surface area contributed by atoms with Crippen LogP contribution in [0.2, 0.25) is 0 Å². The Morgan fingerprint density at radius 1 is 1.36 bits per heavy atom. The number of amides is 2. The molecule has 22 heavy (non-hydrogen) atoms. The number of methoxy groups -OCH3 is 1. The highest BCUT2D eigenvalue weighted by atomic mass is 16.5. The normalized spacial score (nSPS) is 12.0. The molecule has 0 fully saturated rings. The molecule has 0 aliphatic heterocycles. The van der Waals surface area contributed by atoms with E-state index in [9.17, 15) is 9.59 Å². The van der Waals surface area contributed by atoms with Gasteiger partial charge in [0.05, 0.1) is 24.7 Å². The van der Waals surface area contributed by atoms with Gasteiger partial charge in [0, 0.05) is 0 Å². The first-order valence-corrected chi connectivity index (χ1v) is 6.99. The lowest BCUT2D eigenvalue weighted by molar-refractivity contribution is -0.122. The number of rotatable bonds is 4. The first-order valence-electron chi connectivity index (χ1n) is 6.99. The molecular formula is C15H20N4O3. The molecule has 1 aromatic heterocycles. The highest BCUT2D eigenvalue weighted by Gasteiger charge is 2.16. The van der Waals surface area contributed by atoms with Crippen LogP contribution in [0.1, 0.15) is 23.9 Å². The Morgan fingerprint density at radius 3 is 2.77 bits per heavy atom. The number of hydrogen-bond acceptors (Lipinski definition) is 4. The summed E-state index contributed by atoms with van der Waals surface area (Å²) in [7, 11) is 1.25. The van der Waals surface area contributed by atoms with Gasteiger partial charge in [0.2, 0.25) is 5.91 Å². The standard InChI is InChI=1S/C15H20N4O3/c1-8-5-6-11-13(9(8)2)19-12(18-11)7-16-14(20)10(3)17-15(21)22-4/h5-6,10H,7H2,1-4H3,(H,16,20)(H,17,21)(H,18,19)/t10-/m1/s1. The lowest BCUT2D eigenvalue weighted by Gasteiger charge is -2.12. The average Bonchev–Trinajstić information content (AvgIpc) is 2.92. The van der Waals surface area contributed by atoms with Gasteiger partial charge in [-0.15, -0.1) is 0 Å². The molecule has 1 heterocycles. The van der Waals surface area contributed by atoms with Crippen LogP contribution in [0.4, 0.5) is 4.79 Å². The number of carbonyl (C=O) groups excluding carboxylic acids is 2. The zero-order chi connectivity index (χ0) is 16.3. The summed E-state index contributed by atoms with van der Waals surface area (Å²) in [4.78, 5) is 30.6. The maximum atomic E-state index is 11.9. The van der Waals surface area contributed by atoms with Crippen LogP contribution in [-0.2, 0) is 16.1 Å². The molecule has 1 atom stereocenters. The van der Waals surface area contributed by atoms with Crippen LogP contribution in [0.3, 0.4) is 0 Å². The number of carbonyl (C=O) groups is 2. The number of nitrogens with zero attached hydrogens (tertiary/aromatic N) is 1. The Bertz CT molecular complexity index is 708. The van der Waals surface area contributed by atoms with E-state index in [1.807, 2.05) is 26.0 Å². The Labute approximate surface area is 128 Å². The minimum absolute atomic E-state index is 0.263. The van der Waals surface area contributed by atoms with Crippen LogP contribution in [0.25, 0.3) is 11.0 Å². The molecule has 0 bridgehead atoms. The van der Waals surface area contributed by atoms with Crippen LogP contribution >= 0.6 is 0 Å². The van der Waals surface area contributed by atoms with E-state index in [-0.39, 0.29) is 12.5 Å². The zero-order valence-corrected chi connectivity index (χ0v) is 13.1. The van der Waals surface area contributed by atoms with E-state index in [1.54, 1.807) is 6.92 Å². The molecule has 1 aromatic carbocycles. The minimum Gasteiger partial charge on any atom is -0.453 e. The van der Waals surface area contributed by atoms with Gasteiger partial charge >= 0.3 is 6.09 Å². The second-order valence-corrected chi connectivity index (χ2v) is 5.16. The monoisotopic (exact) mass is 304 g/mol. The van der Waals surface area contributed by atoms with E-state index in [2.05, 4.69) is 25.3 Å². The molecule has 7 nitrogen and oxygen atoms in total.